The number of pyridine rings is 1. The number of hydrogen-bond donors (Lipinski definition) is 0. The van der Waals surface area contributed by atoms with E-state index in [1.165, 1.54) is 4.90 Å². The molecule has 2 aromatic rings. The number of halogens is 2. The maximum atomic E-state index is 13.4. The van der Waals surface area contributed by atoms with Gasteiger partial charge in [-0.15, -0.1) is 0 Å². The van der Waals surface area contributed by atoms with E-state index >= 15 is 0 Å². The molecule has 7 nitrogen and oxygen atoms in total. The minimum atomic E-state index is -2.88. The van der Waals surface area contributed by atoms with E-state index in [1.807, 2.05) is 30.1 Å². The second-order valence-electron chi connectivity index (χ2n) is 8.11. The standard InChI is InChI=1S/C21H23F2N5O2/c1-26-12-17(25-13-26)14-10-15-16(11-14)24-5-3-18(15)27-6-8-28(9-7-27)20(29)30-19-2-4-21(19,22)23/h3,5,10,12-13,19H,2,4,6-9,11H2,1H3/t19-/m1/s1. The van der Waals surface area contributed by atoms with Crippen molar-refractivity contribution in [3.63, 3.8) is 0 Å². The molecule has 1 amide bonds. The number of rotatable bonds is 3. The number of amides is 1. The van der Waals surface area contributed by atoms with Crippen molar-refractivity contribution in [2.45, 2.75) is 31.3 Å². The van der Waals surface area contributed by atoms with Crippen LogP contribution in [0.5, 0.6) is 0 Å². The summed E-state index contributed by atoms with van der Waals surface area (Å²) in [5.74, 6) is -2.88. The zero-order valence-electron chi connectivity index (χ0n) is 16.7. The Morgan fingerprint density at radius 1 is 1.23 bits per heavy atom. The highest BCUT2D eigenvalue weighted by molar-refractivity contribution is 5.91. The summed E-state index contributed by atoms with van der Waals surface area (Å²) in [4.78, 5) is 24.9. The first-order valence-corrected chi connectivity index (χ1v) is 10.2. The zero-order chi connectivity index (χ0) is 20.9. The summed E-state index contributed by atoms with van der Waals surface area (Å²) in [6, 6.07) is 1.99. The Morgan fingerprint density at radius 3 is 2.67 bits per heavy atom. The van der Waals surface area contributed by atoms with Crippen LogP contribution >= 0.6 is 0 Å². The lowest BCUT2D eigenvalue weighted by Gasteiger charge is -2.39. The number of carbonyl (C=O) groups is 1. The molecule has 2 fully saturated rings. The minimum Gasteiger partial charge on any atom is -0.440 e. The lowest BCUT2D eigenvalue weighted by atomic mass is 9.91. The number of alkyl halides is 2. The maximum absolute atomic E-state index is 13.4. The van der Waals surface area contributed by atoms with E-state index in [-0.39, 0.29) is 12.8 Å². The highest BCUT2D eigenvalue weighted by Gasteiger charge is 2.51. The Kier molecular flexibility index (Phi) is 4.48. The maximum Gasteiger partial charge on any atom is 0.410 e. The second-order valence-corrected chi connectivity index (χ2v) is 8.11. The molecule has 30 heavy (non-hydrogen) atoms. The van der Waals surface area contributed by atoms with Crippen LogP contribution in [0.2, 0.25) is 0 Å². The van der Waals surface area contributed by atoms with Gasteiger partial charge < -0.3 is 19.1 Å². The molecular weight excluding hydrogens is 392 g/mol. The minimum absolute atomic E-state index is 0.208. The van der Waals surface area contributed by atoms with Gasteiger partial charge in [0.05, 0.1) is 17.7 Å². The van der Waals surface area contributed by atoms with Gasteiger partial charge in [0, 0.05) is 69.7 Å². The van der Waals surface area contributed by atoms with Crippen molar-refractivity contribution in [2.24, 2.45) is 7.05 Å². The third kappa shape index (κ3) is 3.32. The molecule has 0 radical (unpaired) electrons. The van der Waals surface area contributed by atoms with Crippen LogP contribution in [-0.4, -0.2) is 63.7 Å². The average molecular weight is 415 g/mol. The van der Waals surface area contributed by atoms with E-state index in [0.717, 1.165) is 34.6 Å². The molecule has 0 spiro atoms. The van der Waals surface area contributed by atoms with Crippen molar-refractivity contribution in [3.8, 4) is 0 Å². The SMILES string of the molecule is Cn1cnc(C2=Cc3c(N4CCN(C(=O)O[C@@H]5CCC5(F)F)CC4)ccnc3C2)c1. The number of imidazole rings is 1. The Labute approximate surface area is 173 Å². The van der Waals surface area contributed by atoms with E-state index in [0.29, 0.717) is 26.2 Å². The molecule has 2 aliphatic carbocycles. The number of aromatic nitrogens is 3. The molecule has 0 bridgehead atoms. The van der Waals surface area contributed by atoms with Crippen LogP contribution in [0.25, 0.3) is 11.6 Å². The normalized spacial score (nSPS) is 22.4. The lowest BCUT2D eigenvalue weighted by Crippen LogP contribution is -2.53. The molecule has 0 aromatic carbocycles. The Balaban J connectivity index is 1.26. The van der Waals surface area contributed by atoms with Crippen molar-refractivity contribution >= 4 is 23.4 Å². The molecule has 1 aliphatic heterocycles. The lowest BCUT2D eigenvalue weighted by molar-refractivity contribution is -0.179. The van der Waals surface area contributed by atoms with Gasteiger partial charge in [0.1, 0.15) is 0 Å². The van der Waals surface area contributed by atoms with Gasteiger partial charge in [0.25, 0.3) is 5.92 Å². The van der Waals surface area contributed by atoms with E-state index in [1.54, 1.807) is 6.33 Å². The van der Waals surface area contributed by atoms with Crippen molar-refractivity contribution in [1.82, 2.24) is 19.4 Å². The monoisotopic (exact) mass is 415 g/mol. The van der Waals surface area contributed by atoms with Crippen LogP contribution in [0.1, 0.15) is 29.8 Å². The Morgan fingerprint density at radius 2 is 2.03 bits per heavy atom. The summed E-state index contributed by atoms with van der Waals surface area (Å²) in [5.41, 5.74) is 5.26. The number of nitrogens with zero attached hydrogens (tertiary/aromatic N) is 5. The summed E-state index contributed by atoms with van der Waals surface area (Å²) in [5, 5.41) is 0. The van der Waals surface area contributed by atoms with Gasteiger partial charge in [0.15, 0.2) is 6.10 Å². The van der Waals surface area contributed by atoms with Gasteiger partial charge in [-0.1, -0.05) is 0 Å². The predicted molar refractivity (Wildman–Crippen MR) is 107 cm³/mol. The van der Waals surface area contributed by atoms with Gasteiger partial charge in [-0.3, -0.25) is 4.98 Å². The molecule has 1 saturated heterocycles. The van der Waals surface area contributed by atoms with E-state index < -0.39 is 18.1 Å². The molecule has 0 unspecified atom stereocenters. The fraction of sp³-hybridized carbons (Fsp3) is 0.476. The predicted octanol–water partition coefficient (Wildman–Crippen LogP) is 2.97. The fourth-order valence-electron chi connectivity index (χ4n) is 4.18. The number of allylic oxidation sites excluding steroid dienone is 1. The molecule has 1 saturated carbocycles. The van der Waals surface area contributed by atoms with Crippen LogP contribution in [0.3, 0.4) is 0 Å². The molecule has 1 atom stereocenters. The zero-order valence-corrected chi connectivity index (χ0v) is 16.7. The highest BCUT2D eigenvalue weighted by Crippen LogP contribution is 2.40. The van der Waals surface area contributed by atoms with Gasteiger partial charge in [-0.05, 0) is 24.1 Å². The van der Waals surface area contributed by atoms with Crippen molar-refractivity contribution in [1.29, 1.82) is 0 Å². The molecule has 9 heteroatoms. The molecule has 0 N–H and O–H groups in total. The fourth-order valence-corrected chi connectivity index (χ4v) is 4.18. The van der Waals surface area contributed by atoms with E-state index in [4.69, 9.17) is 4.74 Å². The third-order valence-electron chi connectivity index (χ3n) is 6.09. The number of piperazine rings is 1. The number of ether oxygens (including phenoxy) is 1. The molecular formula is C21H23F2N5O2. The van der Waals surface area contributed by atoms with Crippen molar-refractivity contribution in [3.05, 3.63) is 41.7 Å². The van der Waals surface area contributed by atoms with Gasteiger partial charge in [-0.2, -0.15) is 0 Å². The van der Waals surface area contributed by atoms with Crippen molar-refractivity contribution < 1.29 is 18.3 Å². The number of fused-ring (bicyclic) bond motifs is 1. The van der Waals surface area contributed by atoms with E-state index in [9.17, 15) is 13.6 Å². The third-order valence-corrected chi connectivity index (χ3v) is 6.09. The summed E-state index contributed by atoms with van der Waals surface area (Å²) < 4.78 is 33.7. The van der Waals surface area contributed by atoms with Crippen LogP contribution in [0, 0.1) is 0 Å². The Bertz CT molecular complexity index is 1010. The van der Waals surface area contributed by atoms with Gasteiger partial charge >= 0.3 is 6.09 Å². The summed E-state index contributed by atoms with van der Waals surface area (Å²) in [6.45, 7) is 2.09. The van der Waals surface area contributed by atoms with Crippen LogP contribution in [0.4, 0.5) is 19.3 Å². The van der Waals surface area contributed by atoms with Crippen molar-refractivity contribution in [2.75, 3.05) is 31.1 Å². The first-order valence-electron chi connectivity index (χ1n) is 10.2. The summed E-state index contributed by atoms with van der Waals surface area (Å²) in [7, 11) is 1.94. The second kappa shape index (κ2) is 7.07. The number of hydrogen-bond acceptors (Lipinski definition) is 5. The smallest absolute Gasteiger partial charge is 0.410 e. The van der Waals surface area contributed by atoms with Crippen LogP contribution in [-0.2, 0) is 18.2 Å². The summed E-state index contributed by atoms with van der Waals surface area (Å²) in [6.07, 6.45) is 6.56. The first kappa shape index (κ1) is 19.0. The highest BCUT2D eigenvalue weighted by atomic mass is 19.3. The Hall–Kier alpha value is -2.97. The molecule has 158 valence electrons. The molecule has 3 aliphatic rings. The van der Waals surface area contributed by atoms with Gasteiger partial charge in [-0.25, -0.2) is 18.6 Å². The molecule has 3 heterocycles. The molecule has 2 aromatic heterocycles. The number of aryl methyl sites for hydroxylation is 1. The molecule has 5 rings (SSSR count). The largest absolute Gasteiger partial charge is 0.440 e. The average Bonchev–Trinajstić information content (AvgIpc) is 3.37. The summed E-state index contributed by atoms with van der Waals surface area (Å²) >= 11 is 0. The van der Waals surface area contributed by atoms with E-state index in [2.05, 4.69) is 20.9 Å². The number of anilines is 1. The first-order chi connectivity index (χ1) is 14.4. The topological polar surface area (TPSA) is 63.5 Å². The van der Waals surface area contributed by atoms with Crippen LogP contribution < -0.4 is 4.90 Å². The van der Waals surface area contributed by atoms with Crippen LogP contribution in [0.15, 0.2) is 24.8 Å². The quantitative estimate of drug-likeness (QED) is 0.771. The van der Waals surface area contributed by atoms with Gasteiger partial charge in [0.2, 0.25) is 0 Å². The number of carbonyl (C=O) groups excluding carboxylic acids is 1.